The van der Waals surface area contributed by atoms with Gasteiger partial charge in [-0.05, 0) is 285 Å². The van der Waals surface area contributed by atoms with Crippen molar-refractivity contribution in [3.63, 3.8) is 0 Å². The van der Waals surface area contributed by atoms with E-state index in [1.165, 1.54) is 125 Å². The van der Waals surface area contributed by atoms with Gasteiger partial charge in [0, 0.05) is 117 Å². The minimum Gasteiger partial charge on any atom is -0.465 e. The van der Waals surface area contributed by atoms with Crippen LogP contribution in [0, 0.1) is 42.4 Å². The number of aliphatic hydroxyl groups is 1. The molecule has 520 valence electrons. The average molecular weight is 1380 g/mol. The number of carbonyl (C=O) groups excluding carboxylic acids is 3. The summed E-state index contributed by atoms with van der Waals surface area (Å²) in [4.78, 5) is 50.7. The predicted molar refractivity (Wildman–Crippen MR) is 409 cm³/mol. The third-order valence-electron chi connectivity index (χ3n) is 20.9. The minimum atomic E-state index is -0.531. The Labute approximate surface area is 594 Å². The monoisotopic (exact) mass is 1380 g/mol. The van der Waals surface area contributed by atoms with Crippen LogP contribution in [0.3, 0.4) is 0 Å². The topological polar surface area (TPSA) is 169 Å². The van der Waals surface area contributed by atoms with Crippen molar-refractivity contribution < 1.29 is 29.0 Å². The molecule has 10 aromatic rings. The molecule has 5 saturated carbocycles. The molecule has 0 radical (unpaired) electrons. The molecule has 0 spiro atoms. The van der Waals surface area contributed by atoms with Crippen molar-refractivity contribution in [1.29, 1.82) is 0 Å². The van der Waals surface area contributed by atoms with Gasteiger partial charge in [0.1, 0.15) is 5.78 Å². The lowest BCUT2D eigenvalue weighted by molar-refractivity contribution is -0.120. The zero-order valence-electron chi connectivity index (χ0n) is 58.8. The number of ether oxygens (including phenoxy) is 2. The van der Waals surface area contributed by atoms with Crippen LogP contribution in [0.2, 0.25) is 15.1 Å². The van der Waals surface area contributed by atoms with Gasteiger partial charge in [0.05, 0.1) is 30.9 Å². The largest absolute Gasteiger partial charge is 0.465 e. The molecule has 5 fully saturated rings. The fourth-order valence-corrected chi connectivity index (χ4v) is 15.0. The number of aryl methyl sites for hydroxylation is 1. The molecule has 0 saturated heterocycles. The number of hydrogen-bond acceptors (Lipinski definition) is 6. The molecule has 0 unspecified atom stereocenters. The highest BCUT2D eigenvalue weighted by Gasteiger charge is 2.32. The zero-order valence-corrected chi connectivity index (χ0v) is 61.1. The van der Waals surface area contributed by atoms with E-state index in [2.05, 4.69) is 102 Å². The zero-order chi connectivity index (χ0) is 69.5. The highest BCUT2D eigenvalue weighted by atomic mass is 35.5. The summed E-state index contributed by atoms with van der Waals surface area (Å²) in [5.74, 6) is 4.88. The quantitative estimate of drug-likeness (QED) is 0.0828. The number of hydrogen-bond donors (Lipinski definition) is 6. The Hall–Kier alpha value is -7.28. The SMILES string of the molecule is CC1CCC(=Cc2cc3cc(Cl)ccc3[nH]2)CC1.CC1CCC(=O)CC1.CC1CCC(O)(Cc2cc3cc(Cl)ccc3[nH]2)CC1.COC(=O)c1ccc2[nH]c(C=C3CCC(C)CC3)cc2c1.COC(=O)c1ccc2[nH]c(CC3CCC(C)CC3)cc2c1.Cc1cc2cc(Cl)ccc2[nH]1. The number of aromatic amines is 5. The lowest BCUT2D eigenvalue weighted by Gasteiger charge is -2.34. The van der Waals surface area contributed by atoms with E-state index >= 15 is 0 Å². The van der Waals surface area contributed by atoms with Crippen LogP contribution >= 0.6 is 34.8 Å². The molecule has 5 heterocycles. The Morgan fingerprint density at radius 3 is 1.29 bits per heavy atom. The van der Waals surface area contributed by atoms with Crippen LogP contribution in [0.5, 0.6) is 0 Å². The number of methoxy groups -OCH3 is 2. The number of fused-ring (bicyclic) bond motifs is 5. The molecule has 5 aliphatic carbocycles. The van der Waals surface area contributed by atoms with E-state index in [1.54, 1.807) is 11.6 Å². The molecule has 5 aromatic carbocycles. The van der Waals surface area contributed by atoms with Crippen molar-refractivity contribution in [3.05, 3.63) is 187 Å². The molecule has 0 bridgehead atoms. The summed E-state index contributed by atoms with van der Waals surface area (Å²) in [6, 6.07) is 39.6. The Kier molecular flexibility index (Phi) is 26.0. The molecule has 14 heteroatoms. The second kappa shape index (κ2) is 34.7. The first-order valence-corrected chi connectivity index (χ1v) is 37.1. The molecule has 6 N–H and O–H groups in total. The first-order valence-electron chi connectivity index (χ1n) is 35.9. The van der Waals surface area contributed by atoms with Crippen LogP contribution < -0.4 is 0 Å². The van der Waals surface area contributed by atoms with Crippen molar-refractivity contribution in [1.82, 2.24) is 24.9 Å². The van der Waals surface area contributed by atoms with Crippen LogP contribution in [0.15, 0.2) is 132 Å². The van der Waals surface area contributed by atoms with Crippen molar-refractivity contribution in [3.8, 4) is 0 Å². The van der Waals surface area contributed by atoms with Crippen LogP contribution in [0.25, 0.3) is 66.7 Å². The molecule has 0 aliphatic heterocycles. The number of benzene rings is 5. The van der Waals surface area contributed by atoms with Gasteiger partial charge in [0.2, 0.25) is 0 Å². The number of carbonyl (C=O) groups is 3. The number of rotatable bonds is 8. The molecule has 5 aromatic heterocycles. The lowest BCUT2D eigenvalue weighted by Crippen LogP contribution is -2.35. The van der Waals surface area contributed by atoms with Gasteiger partial charge in [-0.1, -0.05) is 93.4 Å². The summed E-state index contributed by atoms with van der Waals surface area (Å²) in [6.07, 6.45) is 29.9. The fourth-order valence-electron chi connectivity index (χ4n) is 14.5. The second-order valence-electron chi connectivity index (χ2n) is 29.4. The van der Waals surface area contributed by atoms with E-state index in [-0.39, 0.29) is 11.9 Å². The molecular weight excluding hydrogens is 1280 g/mol. The van der Waals surface area contributed by atoms with Crippen molar-refractivity contribution in [2.45, 2.75) is 188 Å². The fraction of sp³-hybridized carbons (Fsp3) is 0.440. The Morgan fingerprint density at radius 2 is 0.816 bits per heavy atom. The Balaban J connectivity index is 0.000000130. The molecule has 0 amide bonds. The van der Waals surface area contributed by atoms with Gasteiger partial charge >= 0.3 is 11.9 Å². The number of H-pyrrole nitrogens is 5. The van der Waals surface area contributed by atoms with Gasteiger partial charge in [-0.3, -0.25) is 4.79 Å². The third kappa shape index (κ3) is 21.4. The van der Waals surface area contributed by atoms with Gasteiger partial charge in [-0.25, -0.2) is 9.59 Å². The van der Waals surface area contributed by atoms with Gasteiger partial charge < -0.3 is 39.5 Å². The van der Waals surface area contributed by atoms with Crippen LogP contribution in [-0.4, -0.2) is 67.6 Å². The third-order valence-corrected chi connectivity index (χ3v) is 21.6. The van der Waals surface area contributed by atoms with Crippen molar-refractivity contribution >= 4 is 119 Å². The smallest absolute Gasteiger partial charge is 0.337 e. The summed E-state index contributed by atoms with van der Waals surface area (Å²) in [5, 5.41) is 18.6. The molecule has 15 rings (SSSR count). The molecule has 98 heavy (non-hydrogen) atoms. The van der Waals surface area contributed by atoms with E-state index in [0.29, 0.717) is 23.3 Å². The maximum atomic E-state index is 11.6. The number of aromatic nitrogens is 5. The molecule has 11 nitrogen and oxygen atoms in total. The summed E-state index contributed by atoms with van der Waals surface area (Å²) in [5.41, 5.74) is 15.2. The van der Waals surface area contributed by atoms with Gasteiger partial charge in [0.25, 0.3) is 0 Å². The van der Waals surface area contributed by atoms with Crippen molar-refractivity contribution in [2.75, 3.05) is 14.2 Å². The van der Waals surface area contributed by atoms with Gasteiger partial charge in [-0.15, -0.1) is 0 Å². The van der Waals surface area contributed by atoms with E-state index in [0.717, 1.165) is 163 Å². The number of ketones is 1. The maximum Gasteiger partial charge on any atom is 0.337 e. The van der Waals surface area contributed by atoms with Crippen LogP contribution in [-0.2, 0) is 27.1 Å². The number of nitrogens with one attached hydrogen (secondary N) is 5. The summed E-state index contributed by atoms with van der Waals surface area (Å²) in [7, 11) is 2.82. The highest BCUT2D eigenvalue weighted by Crippen LogP contribution is 2.37. The highest BCUT2D eigenvalue weighted by molar-refractivity contribution is 6.32. The summed E-state index contributed by atoms with van der Waals surface area (Å²) < 4.78 is 9.54. The Morgan fingerprint density at radius 1 is 0.449 bits per heavy atom. The van der Waals surface area contributed by atoms with Gasteiger partial charge in [0.15, 0.2) is 0 Å². The second-order valence-corrected chi connectivity index (χ2v) is 30.7. The van der Waals surface area contributed by atoms with Crippen LogP contribution in [0.1, 0.15) is 212 Å². The molecular formula is C84H102Cl3N5O6. The predicted octanol–water partition coefficient (Wildman–Crippen LogP) is 23.5. The lowest BCUT2D eigenvalue weighted by atomic mass is 9.77. The summed E-state index contributed by atoms with van der Waals surface area (Å²) in [6.45, 7) is 13.5. The first-order chi connectivity index (χ1) is 47.1. The molecule has 0 atom stereocenters. The minimum absolute atomic E-state index is 0.277. The number of esters is 2. The van der Waals surface area contributed by atoms with Gasteiger partial charge in [-0.2, -0.15) is 0 Å². The normalized spacial score (nSPS) is 21.1. The van der Waals surface area contributed by atoms with Crippen molar-refractivity contribution in [2.24, 2.45) is 35.5 Å². The number of allylic oxidation sites excluding steroid dienone is 2. The average Bonchev–Trinajstić information content (AvgIpc) is 1.77. The van der Waals surface area contributed by atoms with Crippen LogP contribution in [0.4, 0.5) is 0 Å². The van der Waals surface area contributed by atoms with E-state index < -0.39 is 5.60 Å². The summed E-state index contributed by atoms with van der Waals surface area (Å²) >= 11 is 17.8. The Bertz CT molecular complexity index is 4340. The van der Waals surface area contributed by atoms with E-state index in [4.69, 9.17) is 44.3 Å². The number of Topliss-reactive ketones (excluding diaryl/α,β-unsaturated/α-hetero) is 1. The standard InChI is InChI=1S/C18H23NO2.C18H21NO2.C16H20ClNO.C16H18ClN.C9H8ClN.C7H12O/c2*1-12-3-5-13(6-4-12)9-16-11-15-10-14(18(20)21-2)7-8-17(15)19-16;1-11-4-6-16(19,7-5-11)10-14-9-12-8-13(17)2-3-15(12)18-14;1-11-2-4-12(5-3-11)8-15-10-13-9-14(17)6-7-16(13)18-15;1-6-4-7-5-8(10)2-3-9(7)11-6;1-6-2-4-7(8)5-3-6/h7-8,10-13,19H,3-6,9H2,1-2H3;7-12,19H,3-6H2,1-2H3;2-3,8-9,11,18-19H,4-7,10H2,1H3;6-11,18H,2-5H2,1H3;2-5,11H,1H3;6H,2-5H2,1H3. The maximum absolute atomic E-state index is 11.6. The van der Waals surface area contributed by atoms with E-state index in [9.17, 15) is 19.5 Å². The molecule has 5 aliphatic rings. The van der Waals surface area contributed by atoms with E-state index in [1.807, 2.05) is 91.9 Å². The number of halogens is 3. The first kappa shape index (κ1) is 73.4.